The molecule has 2 aromatic rings. The molecule has 0 aliphatic carbocycles. The number of thiazole rings is 1. The van der Waals surface area contributed by atoms with Gasteiger partial charge in [0.2, 0.25) is 5.91 Å². The maximum atomic E-state index is 12.5. The molecule has 0 aliphatic rings. The summed E-state index contributed by atoms with van der Waals surface area (Å²) < 4.78 is 1.15. The minimum atomic E-state index is -0.504. The van der Waals surface area contributed by atoms with Gasteiger partial charge in [0.25, 0.3) is 5.91 Å². The quantitative estimate of drug-likeness (QED) is 0.442. The summed E-state index contributed by atoms with van der Waals surface area (Å²) >= 11 is 1.63. The highest BCUT2D eigenvalue weighted by atomic mass is 32.1. The molecule has 2 rings (SSSR count). The highest BCUT2D eigenvalue weighted by Crippen LogP contribution is 2.27. The van der Waals surface area contributed by atoms with Crippen LogP contribution in [0.15, 0.2) is 30.4 Å². The van der Waals surface area contributed by atoms with Crippen LogP contribution in [0.4, 0.5) is 0 Å². The van der Waals surface area contributed by atoms with Crippen molar-refractivity contribution in [1.29, 1.82) is 5.26 Å². The Morgan fingerprint density at radius 1 is 1.30 bits per heavy atom. The van der Waals surface area contributed by atoms with Gasteiger partial charge in [0.15, 0.2) is 0 Å². The van der Waals surface area contributed by atoms with Crippen molar-refractivity contribution < 1.29 is 9.59 Å². The maximum Gasteiger partial charge on any atom is 0.261 e. The first kappa shape index (κ1) is 23.6. The second kappa shape index (κ2) is 10.9. The van der Waals surface area contributed by atoms with Crippen LogP contribution in [0.2, 0.25) is 0 Å². The molecule has 0 aliphatic heterocycles. The summed E-state index contributed by atoms with van der Waals surface area (Å²) in [7, 11) is 0. The molecule has 1 aromatic carbocycles. The van der Waals surface area contributed by atoms with Gasteiger partial charge in [-0.15, -0.1) is 11.3 Å². The predicted molar refractivity (Wildman–Crippen MR) is 121 cm³/mol. The van der Waals surface area contributed by atoms with E-state index in [1.807, 2.05) is 19.9 Å². The summed E-state index contributed by atoms with van der Waals surface area (Å²) in [6, 6.07) is 7.85. The van der Waals surface area contributed by atoms with Gasteiger partial charge in [0, 0.05) is 25.4 Å². The Labute approximate surface area is 182 Å². The van der Waals surface area contributed by atoms with E-state index in [1.54, 1.807) is 17.4 Å². The van der Waals surface area contributed by atoms with E-state index in [2.05, 4.69) is 48.2 Å². The zero-order valence-electron chi connectivity index (χ0n) is 18.1. The molecule has 0 bridgehead atoms. The van der Waals surface area contributed by atoms with Gasteiger partial charge in [0.05, 0.1) is 15.2 Å². The molecule has 7 heteroatoms. The largest absolute Gasteiger partial charge is 0.351 e. The van der Waals surface area contributed by atoms with E-state index in [1.165, 1.54) is 5.56 Å². The van der Waals surface area contributed by atoms with E-state index in [9.17, 15) is 9.59 Å². The molecule has 2 amide bonds. The van der Waals surface area contributed by atoms with Gasteiger partial charge in [0.1, 0.15) is 11.6 Å². The Bertz CT molecular complexity index is 958. The van der Waals surface area contributed by atoms with Crippen molar-refractivity contribution in [2.45, 2.75) is 58.9 Å². The fourth-order valence-electron chi connectivity index (χ4n) is 2.99. The number of amides is 2. The summed E-state index contributed by atoms with van der Waals surface area (Å²) in [5.74, 6) is 0.0709. The Kier molecular flexibility index (Phi) is 8.55. The average Bonchev–Trinajstić information content (AvgIpc) is 3.15. The highest BCUT2D eigenvalue weighted by molar-refractivity contribution is 7.18. The van der Waals surface area contributed by atoms with E-state index in [0.29, 0.717) is 18.8 Å². The zero-order chi connectivity index (χ0) is 22.3. The molecule has 0 radical (unpaired) electrons. The molecule has 6 nitrogen and oxygen atoms in total. The van der Waals surface area contributed by atoms with Crippen LogP contribution >= 0.6 is 11.3 Å². The van der Waals surface area contributed by atoms with Gasteiger partial charge >= 0.3 is 0 Å². The number of aromatic nitrogens is 1. The predicted octanol–water partition coefficient (Wildman–Crippen LogP) is 4.08. The number of hydrogen-bond acceptors (Lipinski definition) is 5. The summed E-state index contributed by atoms with van der Waals surface area (Å²) in [4.78, 5) is 29.0. The number of nitrogens with zero attached hydrogens (tertiary/aromatic N) is 2. The minimum absolute atomic E-state index is 0.0733. The van der Waals surface area contributed by atoms with Crippen LogP contribution in [0, 0.1) is 17.2 Å². The minimum Gasteiger partial charge on any atom is -0.351 e. The molecule has 0 saturated carbocycles. The van der Waals surface area contributed by atoms with E-state index in [-0.39, 0.29) is 30.0 Å². The third kappa shape index (κ3) is 6.39. The number of fused-ring (bicyclic) bond motifs is 1. The maximum absolute atomic E-state index is 12.5. The Balaban J connectivity index is 1.94. The van der Waals surface area contributed by atoms with Crippen molar-refractivity contribution >= 4 is 33.4 Å². The molecule has 1 aromatic heterocycles. The van der Waals surface area contributed by atoms with E-state index in [0.717, 1.165) is 21.6 Å². The first-order valence-corrected chi connectivity index (χ1v) is 11.1. The van der Waals surface area contributed by atoms with Crippen molar-refractivity contribution in [2.75, 3.05) is 6.54 Å². The number of aryl methyl sites for hydroxylation is 1. The smallest absolute Gasteiger partial charge is 0.261 e. The van der Waals surface area contributed by atoms with Crippen LogP contribution in [0.25, 0.3) is 10.2 Å². The number of carbonyl (C=O) groups is 2. The summed E-state index contributed by atoms with van der Waals surface area (Å²) in [5, 5.41) is 15.4. The summed E-state index contributed by atoms with van der Waals surface area (Å²) in [5.41, 5.74) is 2.12. The van der Waals surface area contributed by atoms with Crippen molar-refractivity contribution in [3.8, 4) is 6.07 Å². The van der Waals surface area contributed by atoms with E-state index < -0.39 is 5.91 Å². The van der Waals surface area contributed by atoms with Crippen molar-refractivity contribution in [1.82, 2.24) is 15.6 Å². The van der Waals surface area contributed by atoms with E-state index in [4.69, 9.17) is 5.26 Å². The number of rotatable bonds is 10. The molecule has 0 fully saturated rings. The summed E-state index contributed by atoms with van der Waals surface area (Å²) in [6.45, 7) is 12.1. The summed E-state index contributed by atoms with van der Waals surface area (Å²) in [6.07, 6.45) is 1.77. The molecule has 30 heavy (non-hydrogen) atoms. The van der Waals surface area contributed by atoms with Crippen molar-refractivity contribution in [3.05, 3.63) is 40.9 Å². The number of carbonyl (C=O) groups excluding carboxylic acids is 2. The molecule has 1 heterocycles. The molecule has 2 N–H and O–H groups in total. The Morgan fingerprint density at radius 3 is 2.67 bits per heavy atom. The molecular weight excluding hydrogens is 396 g/mol. The van der Waals surface area contributed by atoms with Gasteiger partial charge in [-0.2, -0.15) is 5.26 Å². The topological polar surface area (TPSA) is 94.9 Å². The van der Waals surface area contributed by atoms with Crippen LogP contribution < -0.4 is 10.6 Å². The molecular formula is C23H30N4O2S. The van der Waals surface area contributed by atoms with Crippen LogP contribution in [0.1, 0.15) is 57.0 Å². The Morgan fingerprint density at radius 2 is 2.03 bits per heavy atom. The van der Waals surface area contributed by atoms with Crippen LogP contribution in [-0.2, 0) is 16.0 Å². The third-order valence-electron chi connectivity index (χ3n) is 5.26. The van der Waals surface area contributed by atoms with E-state index >= 15 is 0 Å². The first-order valence-electron chi connectivity index (χ1n) is 10.3. The lowest BCUT2D eigenvalue weighted by Crippen LogP contribution is -2.47. The lowest BCUT2D eigenvalue weighted by molar-refractivity contribution is -0.123. The van der Waals surface area contributed by atoms with Crippen molar-refractivity contribution in [3.63, 3.8) is 0 Å². The lowest BCUT2D eigenvalue weighted by Gasteiger charge is -2.24. The fourth-order valence-corrected chi connectivity index (χ4v) is 4.01. The zero-order valence-corrected chi connectivity index (χ0v) is 18.9. The Hall–Kier alpha value is -2.72. The van der Waals surface area contributed by atoms with Gasteiger partial charge in [-0.3, -0.25) is 9.59 Å². The fraction of sp³-hybridized carbons (Fsp3) is 0.478. The lowest BCUT2D eigenvalue weighted by atomic mass is 9.98. The van der Waals surface area contributed by atoms with Crippen LogP contribution in [-0.4, -0.2) is 29.4 Å². The molecule has 0 spiro atoms. The standard InChI is InChI=1S/C23H30N4O2S/c1-6-15(4)19(13-25-23(29)16(5)12-24)26-21(28)9-10-22-27-18-8-7-17(14(2)3)11-20(18)30-22/h7-8,11,14-15,19H,5-6,9-10,13H2,1-4H3,(H,25,29)(H,26,28). The first-order chi connectivity index (χ1) is 14.2. The van der Waals surface area contributed by atoms with Gasteiger partial charge < -0.3 is 10.6 Å². The molecule has 2 unspecified atom stereocenters. The third-order valence-corrected chi connectivity index (χ3v) is 6.34. The number of benzene rings is 1. The normalized spacial score (nSPS) is 12.9. The second-order valence-electron chi connectivity index (χ2n) is 7.85. The SMILES string of the molecule is C=C(C#N)C(=O)NCC(NC(=O)CCc1nc2ccc(C(C)C)cc2s1)C(C)CC. The molecule has 0 saturated heterocycles. The molecule has 2 atom stereocenters. The van der Waals surface area contributed by atoms with Crippen molar-refractivity contribution in [2.24, 2.45) is 5.92 Å². The van der Waals surface area contributed by atoms with Crippen LogP contribution in [0.5, 0.6) is 0 Å². The second-order valence-corrected chi connectivity index (χ2v) is 8.96. The monoisotopic (exact) mass is 426 g/mol. The van der Waals surface area contributed by atoms with Gasteiger partial charge in [-0.1, -0.05) is 46.8 Å². The number of hydrogen-bond donors (Lipinski definition) is 2. The molecule has 160 valence electrons. The number of nitrogens with one attached hydrogen (secondary N) is 2. The number of nitriles is 1. The van der Waals surface area contributed by atoms with Crippen LogP contribution in [0.3, 0.4) is 0 Å². The van der Waals surface area contributed by atoms with Gasteiger partial charge in [-0.25, -0.2) is 4.98 Å². The average molecular weight is 427 g/mol. The highest BCUT2D eigenvalue weighted by Gasteiger charge is 2.20. The van der Waals surface area contributed by atoms with Gasteiger partial charge in [-0.05, 0) is 29.5 Å².